The first-order valence-electron chi connectivity index (χ1n) is 5.95. The molecule has 0 saturated heterocycles. The van der Waals surface area contributed by atoms with Crippen LogP contribution in [0.3, 0.4) is 0 Å². The number of halogens is 3. The Kier molecular flexibility index (Phi) is 5.95. The number of rotatable bonds is 7. The van der Waals surface area contributed by atoms with Crippen molar-refractivity contribution in [2.75, 3.05) is 32.2 Å². The quantitative estimate of drug-likeness (QED) is 0.775. The summed E-state index contributed by atoms with van der Waals surface area (Å²) in [6, 6.07) is 5.60. The molecule has 0 amide bonds. The molecule has 0 bridgehead atoms. The monoisotopic (exact) mass is 277 g/mol. The molecule has 0 heterocycles. The highest BCUT2D eigenvalue weighted by Gasteiger charge is 2.27. The lowest BCUT2D eigenvalue weighted by Gasteiger charge is -2.11. The second kappa shape index (κ2) is 7.23. The van der Waals surface area contributed by atoms with Gasteiger partial charge >= 0.3 is 6.18 Å². The van der Waals surface area contributed by atoms with E-state index < -0.39 is 12.8 Å². The van der Waals surface area contributed by atoms with Gasteiger partial charge in [0.1, 0.15) is 12.4 Å². The van der Waals surface area contributed by atoms with E-state index in [0.717, 1.165) is 17.0 Å². The Morgan fingerprint density at radius 1 is 1.26 bits per heavy atom. The Hall–Kier alpha value is -1.43. The van der Waals surface area contributed by atoms with Gasteiger partial charge in [0.15, 0.2) is 0 Å². The fraction of sp³-hybridized carbons (Fsp3) is 0.538. The van der Waals surface area contributed by atoms with E-state index in [1.165, 1.54) is 0 Å². The molecule has 19 heavy (non-hydrogen) atoms. The minimum absolute atomic E-state index is 0.0850. The molecule has 0 spiro atoms. The second-order valence-electron chi connectivity index (χ2n) is 4.13. The molecular weight excluding hydrogens is 259 g/mol. The van der Waals surface area contributed by atoms with Gasteiger partial charge in [0.05, 0.1) is 7.11 Å². The minimum Gasteiger partial charge on any atom is -0.497 e. The molecule has 0 radical (unpaired) electrons. The topological polar surface area (TPSA) is 30.5 Å². The largest absolute Gasteiger partial charge is 0.497 e. The molecule has 108 valence electrons. The minimum atomic E-state index is -4.25. The van der Waals surface area contributed by atoms with E-state index >= 15 is 0 Å². The van der Waals surface area contributed by atoms with Crippen LogP contribution in [0.1, 0.15) is 12.0 Å². The van der Waals surface area contributed by atoms with Crippen molar-refractivity contribution >= 4 is 5.69 Å². The predicted molar refractivity (Wildman–Crippen MR) is 67.7 cm³/mol. The fourth-order valence-electron chi connectivity index (χ4n) is 1.55. The summed E-state index contributed by atoms with van der Waals surface area (Å²) in [5, 5.41) is 3.15. The Labute approximate surface area is 110 Å². The van der Waals surface area contributed by atoms with E-state index in [9.17, 15) is 13.2 Å². The van der Waals surface area contributed by atoms with E-state index in [-0.39, 0.29) is 6.61 Å². The fourth-order valence-corrected chi connectivity index (χ4v) is 1.55. The number of ether oxygens (including phenoxy) is 2. The van der Waals surface area contributed by atoms with E-state index in [0.29, 0.717) is 13.0 Å². The van der Waals surface area contributed by atoms with E-state index in [1.54, 1.807) is 7.11 Å². The standard InChI is InChI=1S/C13H18F3NO2/c1-10-8-11(18-2)4-5-12(10)17-6-3-7-19-9-13(14,15)16/h4-5,8,17H,3,6-7,9H2,1-2H3. The van der Waals surface area contributed by atoms with Crippen LogP contribution in [0.25, 0.3) is 0 Å². The van der Waals surface area contributed by atoms with Gasteiger partial charge in [-0.1, -0.05) is 0 Å². The first-order chi connectivity index (χ1) is 8.92. The smallest absolute Gasteiger partial charge is 0.411 e. The Morgan fingerprint density at radius 2 is 2.00 bits per heavy atom. The third-order valence-electron chi connectivity index (χ3n) is 2.48. The molecule has 6 heteroatoms. The highest BCUT2D eigenvalue weighted by molar-refractivity contribution is 5.53. The molecule has 0 saturated carbocycles. The summed E-state index contributed by atoms with van der Waals surface area (Å²) in [5.41, 5.74) is 1.96. The van der Waals surface area contributed by atoms with E-state index in [1.807, 2.05) is 25.1 Å². The average Bonchev–Trinajstić information content (AvgIpc) is 2.33. The van der Waals surface area contributed by atoms with Crippen LogP contribution in [0.15, 0.2) is 18.2 Å². The van der Waals surface area contributed by atoms with E-state index in [4.69, 9.17) is 4.74 Å². The normalized spacial score (nSPS) is 11.4. The number of hydrogen-bond donors (Lipinski definition) is 1. The summed E-state index contributed by atoms with van der Waals surface area (Å²) in [6.07, 6.45) is -3.73. The molecular formula is C13H18F3NO2. The zero-order chi connectivity index (χ0) is 14.3. The van der Waals surface area contributed by atoms with Gasteiger partial charge in [-0.15, -0.1) is 0 Å². The van der Waals surface area contributed by atoms with Gasteiger partial charge in [-0.25, -0.2) is 0 Å². The summed E-state index contributed by atoms with van der Waals surface area (Å²) in [7, 11) is 1.60. The van der Waals surface area contributed by atoms with Crippen molar-refractivity contribution in [2.24, 2.45) is 0 Å². The summed E-state index contributed by atoms with van der Waals surface area (Å²) < 4.78 is 45.0. The molecule has 0 aliphatic heterocycles. The Balaban J connectivity index is 2.23. The van der Waals surface area contributed by atoms with Crippen LogP contribution in [0, 0.1) is 6.92 Å². The number of aryl methyl sites for hydroxylation is 1. The highest BCUT2D eigenvalue weighted by atomic mass is 19.4. The number of methoxy groups -OCH3 is 1. The number of anilines is 1. The van der Waals surface area contributed by atoms with Crippen molar-refractivity contribution in [1.29, 1.82) is 0 Å². The lowest BCUT2D eigenvalue weighted by Crippen LogP contribution is -2.18. The van der Waals surface area contributed by atoms with Gasteiger partial charge in [-0.05, 0) is 37.1 Å². The van der Waals surface area contributed by atoms with Gasteiger partial charge in [-0.2, -0.15) is 13.2 Å². The van der Waals surface area contributed by atoms with Crippen LogP contribution < -0.4 is 10.1 Å². The summed E-state index contributed by atoms with van der Waals surface area (Å²) in [6.45, 7) is 1.40. The van der Waals surface area contributed by atoms with Crippen molar-refractivity contribution in [3.05, 3.63) is 23.8 Å². The number of nitrogens with one attached hydrogen (secondary N) is 1. The molecule has 1 aromatic carbocycles. The number of alkyl halides is 3. The maximum Gasteiger partial charge on any atom is 0.411 e. The van der Waals surface area contributed by atoms with E-state index in [2.05, 4.69) is 10.1 Å². The van der Waals surface area contributed by atoms with Crippen LogP contribution in [0.4, 0.5) is 18.9 Å². The molecule has 0 unspecified atom stereocenters. The van der Waals surface area contributed by atoms with Gasteiger partial charge in [0.2, 0.25) is 0 Å². The molecule has 0 aromatic heterocycles. The zero-order valence-electron chi connectivity index (χ0n) is 11.0. The van der Waals surface area contributed by atoms with Crippen molar-refractivity contribution in [3.63, 3.8) is 0 Å². The number of hydrogen-bond acceptors (Lipinski definition) is 3. The molecule has 1 N–H and O–H groups in total. The predicted octanol–water partition coefficient (Wildman–Crippen LogP) is 3.38. The first-order valence-corrected chi connectivity index (χ1v) is 5.95. The summed E-state index contributed by atoms with van der Waals surface area (Å²) >= 11 is 0. The zero-order valence-corrected chi connectivity index (χ0v) is 11.0. The first kappa shape index (κ1) is 15.6. The lowest BCUT2D eigenvalue weighted by molar-refractivity contribution is -0.173. The van der Waals surface area contributed by atoms with Crippen LogP contribution in [-0.4, -0.2) is 33.0 Å². The van der Waals surface area contributed by atoms with Gasteiger partial charge in [0, 0.05) is 18.8 Å². The highest BCUT2D eigenvalue weighted by Crippen LogP contribution is 2.20. The lowest BCUT2D eigenvalue weighted by atomic mass is 10.2. The van der Waals surface area contributed by atoms with Gasteiger partial charge < -0.3 is 14.8 Å². The Bertz CT molecular complexity index is 394. The summed E-state index contributed by atoms with van der Waals surface area (Å²) in [4.78, 5) is 0. The molecule has 1 rings (SSSR count). The SMILES string of the molecule is COc1ccc(NCCCOCC(F)(F)F)c(C)c1. The second-order valence-corrected chi connectivity index (χ2v) is 4.13. The van der Waals surface area contributed by atoms with Crippen molar-refractivity contribution in [2.45, 2.75) is 19.5 Å². The molecule has 0 aliphatic rings. The molecule has 0 fully saturated rings. The van der Waals surface area contributed by atoms with Crippen LogP contribution in [0.5, 0.6) is 5.75 Å². The molecule has 0 atom stereocenters. The average molecular weight is 277 g/mol. The van der Waals surface area contributed by atoms with Gasteiger partial charge in [-0.3, -0.25) is 0 Å². The van der Waals surface area contributed by atoms with Crippen LogP contribution in [-0.2, 0) is 4.74 Å². The molecule has 3 nitrogen and oxygen atoms in total. The maximum absolute atomic E-state index is 11.8. The number of benzene rings is 1. The van der Waals surface area contributed by atoms with Crippen LogP contribution >= 0.6 is 0 Å². The Morgan fingerprint density at radius 3 is 2.58 bits per heavy atom. The van der Waals surface area contributed by atoms with Gasteiger partial charge in [0.25, 0.3) is 0 Å². The third kappa shape index (κ3) is 6.33. The molecule has 0 aliphatic carbocycles. The maximum atomic E-state index is 11.8. The van der Waals surface area contributed by atoms with Crippen LogP contribution in [0.2, 0.25) is 0 Å². The van der Waals surface area contributed by atoms with Crippen molar-refractivity contribution < 1.29 is 22.6 Å². The molecule has 1 aromatic rings. The third-order valence-corrected chi connectivity index (χ3v) is 2.48. The van der Waals surface area contributed by atoms with Crippen molar-refractivity contribution in [1.82, 2.24) is 0 Å². The van der Waals surface area contributed by atoms with Crippen molar-refractivity contribution in [3.8, 4) is 5.75 Å². The summed E-state index contributed by atoms with van der Waals surface area (Å²) in [5.74, 6) is 0.775.